The minimum Gasteiger partial charge on any atom is -0.350 e. The number of hydrogen-bond donors (Lipinski definition) is 1. The molecule has 0 radical (unpaired) electrons. The largest absolute Gasteiger partial charge is 0.350 e. The first kappa shape index (κ1) is 15.4. The number of carbonyl (C=O) groups is 1. The number of amides is 1. The molecule has 7 heteroatoms. The minimum atomic E-state index is -0.0371. The van der Waals surface area contributed by atoms with Crippen molar-refractivity contribution in [2.45, 2.75) is 6.54 Å². The zero-order valence-electron chi connectivity index (χ0n) is 13.1. The fourth-order valence-electron chi connectivity index (χ4n) is 2.42. The number of carbonyl (C=O) groups excluding carboxylic acids is 1. The molecule has 0 aromatic carbocycles. The third-order valence-corrected chi connectivity index (χ3v) is 3.84. The maximum Gasteiger partial charge on any atom is 0.272 e. The number of pyridine rings is 1. The molecule has 1 aliphatic rings. The Morgan fingerprint density at radius 3 is 2.78 bits per heavy atom. The smallest absolute Gasteiger partial charge is 0.272 e. The van der Waals surface area contributed by atoms with Crippen LogP contribution < -0.4 is 5.32 Å². The number of nitrogens with one attached hydrogen (secondary N) is 1. The van der Waals surface area contributed by atoms with Crippen molar-refractivity contribution in [2.24, 2.45) is 0 Å². The molecule has 0 spiro atoms. The number of likely N-dealkylation sites (N-methyl/N-ethyl adjacent to an activating group) is 1. The highest BCUT2D eigenvalue weighted by molar-refractivity contribution is 5.92. The van der Waals surface area contributed by atoms with E-state index in [9.17, 15) is 4.79 Å². The van der Waals surface area contributed by atoms with Crippen LogP contribution in [-0.4, -0.2) is 63.9 Å². The highest BCUT2D eigenvalue weighted by Crippen LogP contribution is 2.08. The van der Waals surface area contributed by atoms with Gasteiger partial charge in [-0.3, -0.25) is 9.78 Å². The molecule has 0 saturated carbocycles. The Hall–Kier alpha value is -2.54. The lowest BCUT2D eigenvalue weighted by Crippen LogP contribution is -2.47. The molecular formula is C16H20N6O. The van der Waals surface area contributed by atoms with Crippen molar-refractivity contribution >= 4 is 11.9 Å². The van der Waals surface area contributed by atoms with Crippen LogP contribution in [0.4, 0.5) is 5.95 Å². The fraction of sp³-hybridized carbons (Fsp3) is 0.375. The van der Waals surface area contributed by atoms with Gasteiger partial charge in [0.25, 0.3) is 5.91 Å². The highest BCUT2D eigenvalue weighted by Gasteiger charge is 2.21. The zero-order chi connectivity index (χ0) is 16.1. The van der Waals surface area contributed by atoms with Crippen molar-refractivity contribution in [2.75, 3.05) is 38.5 Å². The second kappa shape index (κ2) is 7.15. The second-order valence-electron chi connectivity index (χ2n) is 5.58. The summed E-state index contributed by atoms with van der Waals surface area (Å²) in [6, 6.07) is 5.51. The topological polar surface area (TPSA) is 74.2 Å². The fourth-order valence-corrected chi connectivity index (χ4v) is 2.42. The van der Waals surface area contributed by atoms with E-state index in [0.29, 0.717) is 18.2 Å². The van der Waals surface area contributed by atoms with Crippen molar-refractivity contribution in [1.82, 2.24) is 24.8 Å². The maximum atomic E-state index is 12.5. The monoisotopic (exact) mass is 312 g/mol. The predicted molar refractivity (Wildman–Crippen MR) is 87.0 cm³/mol. The lowest BCUT2D eigenvalue weighted by atomic mass is 10.3. The summed E-state index contributed by atoms with van der Waals surface area (Å²) in [4.78, 5) is 29.1. The molecule has 0 unspecified atom stereocenters. The summed E-state index contributed by atoms with van der Waals surface area (Å²) in [5, 5.41) is 3.12. The van der Waals surface area contributed by atoms with E-state index in [1.165, 1.54) is 0 Å². The average molecular weight is 312 g/mol. The number of anilines is 1. The van der Waals surface area contributed by atoms with E-state index >= 15 is 0 Å². The van der Waals surface area contributed by atoms with E-state index in [-0.39, 0.29) is 5.91 Å². The van der Waals surface area contributed by atoms with E-state index in [1.54, 1.807) is 24.7 Å². The third kappa shape index (κ3) is 4.01. The maximum absolute atomic E-state index is 12.5. The first-order valence-corrected chi connectivity index (χ1v) is 7.66. The lowest BCUT2D eigenvalue weighted by molar-refractivity contribution is 0.0658. The van der Waals surface area contributed by atoms with E-state index < -0.39 is 0 Å². The van der Waals surface area contributed by atoms with Crippen molar-refractivity contribution in [3.05, 3.63) is 48.0 Å². The third-order valence-electron chi connectivity index (χ3n) is 3.84. The molecule has 120 valence electrons. The van der Waals surface area contributed by atoms with Gasteiger partial charge in [0.1, 0.15) is 5.69 Å². The molecule has 1 fully saturated rings. The number of aromatic nitrogens is 3. The number of rotatable bonds is 4. The first-order chi connectivity index (χ1) is 11.2. The molecule has 2 aromatic rings. The highest BCUT2D eigenvalue weighted by atomic mass is 16.2. The Morgan fingerprint density at radius 1 is 1.22 bits per heavy atom. The Bertz CT molecular complexity index is 655. The van der Waals surface area contributed by atoms with Gasteiger partial charge >= 0.3 is 0 Å². The molecule has 0 bridgehead atoms. The van der Waals surface area contributed by atoms with Gasteiger partial charge in [0.2, 0.25) is 5.95 Å². The Morgan fingerprint density at radius 2 is 2.04 bits per heavy atom. The van der Waals surface area contributed by atoms with Crippen LogP contribution in [0.2, 0.25) is 0 Å². The SMILES string of the molecule is CN1CCN(C(=O)c2ccnc(NCc3cccnc3)n2)CC1. The van der Waals surface area contributed by atoms with Gasteiger partial charge in [-0.05, 0) is 24.7 Å². The van der Waals surface area contributed by atoms with E-state index in [1.807, 2.05) is 17.0 Å². The van der Waals surface area contributed by atoms with E-state index in [2.05, 4.69) is 32.2 Å². The van der Waals surface area contributed by atoms with Crippen molar-refractivity contribution < 1.29 is 4.79 Å². The van der Waals surface area contributed by atoms with Gasteiger partial charge in [0, 0.05) is 51.3 Å². The van der Waals surface area contributed by atoms with Gasteiger partial charge < -0.3 is 15.1 Å². The molecule has 23 heavy (non-hydrogen) atoms. The van der Waals surface area contributed by atoms with Gasteiger partial charge in [-0.2, -0.15) is 0 Å². The summed E-state index contributed by atoms with van der Waals surface area (Å²) in [6.07, 6.45) is 5.13. The van der Waals surface area contributed by atoms with Crippen molar-refractivity contribution in [3.63, 3.8) is 0 Å². The van der Waals surface area contributed by atoms with Crippen LogP contribution in [-0.2, 0) is 6.54 Å². The molecule has 0 aliphatic carbocycles. The van der Waals surface area contributed by atoms with Gasteiger partial charge in [0.15, 0.2) is 0 Å². The summed E-state index contributed by atoms with van der Waals surface area (Å²) < 4.78 is 0. The number of hydrogen-bond acceptors (Lipinski definition) is 6. The molecular weight excluding hydrogens is 292 g/mol. The van der Waals surface area contributed by atoms with Gasteiger partial charge in [-0.1, -0.05) is 6.07 Å². The number of piperazine rings is 1. The summed E-state index contributed by atoms with van der Waals surface area (Å²) in [6.45, 7) is 3.82. The molecule has 1 N–H and O–H groups in total. The molecule has 1 amide bonds. The van der Waals surface area contributed by atoms with Gasteiger partial charge in [-0.15, -0.1) is 0 Å². The Kier molecular flexibility index (Phi) is 4.77. The molecule has 7 nitrogen and oxygen atoms in total. The van der Waals surface area contributed by atoms with Gasteiger partial charge in [-0.25, -0.2) is 9.97 Å². The van der Waals surface area contributed by atoms with Gasteiger partial charge in [0.05, 0.1) is 0 Å². The van der Waals surface area contributed by atoms with E-state index in [0.717, 1.165) is 31.7 Å². The zero-order valence-corrected chi connectivity index (χ0v) is 13.1. The van der Waals surface area contributed by atoms with Crippen LogP contribution in [0.1, 0.15) is 16.1 Å². The summed E-state index contributed by atoms with van der Waals surface area (Å²) >= 11 is 0. The average Bonchev–Trinajstić information content (AvgIpc) is 2.61. The Labute approximate surface area is 135 Å². The quantitative estimate of drug-likeness (QED) is 0.903. The standard InChI is InChI=1S/C16H20N6O/c1-21-7-9-22(10-8-21)15(23)14-4-6-18-16(20-14)19-12-13-3-2-5-17-11-13/h2-6,11H,7-10,12H2,1H3,(H,18,19,20). The molecule has 0 atom stereocenters. The summed E-state index contributed by atoms with van der Waals surface area (Å²) in [5.74, 6) is 0.416. The molecule has 1 saturated heterocycles. The van der Waals surface area contributed by atoms with Crippen LogP contribution in [0.3, 0.4) is 0 Å². The first-order valence-electron chi connectivity index (χ1n) is 7.66. The summed E-state index contributed by atoms with van der Waals surface area (Å²) in [5.41, 5.74) is 1.46. The van der Waals surface area contributed by atoms with Crippen LogP contribution in [0.25, 0.3) is 0 Å². The van der Waals surface area contributed by atoms with E-state index in [4.69, 9.17) is 0 Å². The van der Waals surface area contributed by atoms with Crippen LogP contribution in [0, 0.1) is 0 Å². The predicted octanol–water partition coefficient (Wildman–Crippen LogP) is 0.871. The van der Waals surface area contributed by atoms with Crippen molar-refractivity contribution in [3.8, 4) is 0 Å². The Balaban J connectivity index is 1.64. The minimum absolute atomic E-state index is 0.0371. The molecule has 1 aliphatic heterocycles. The molecule has 3 heterocycles. The lowest BCUT2D eigenvalue weighted by Gasteiger charge is -2.32. The van der Waals surface area contributed by atoms with Crippen LogP contribution in [0.15, 0.2) is 36.8 Å². The summed E-state index contributed by atoms with van der Waals surface area (Å²) in [7, 11) is 2.06. The molecule has 3 rings (SSSR count). The van der Waals surface area contributed by atoms with Crippen LogP contribution >= 0.6 is 0 Å². The normalized spacial score (nSPS) is 15.4. The second-order valence-corrected chi connectivity index (χ2v) is 5.58. The number of nitrogens with zero attached hydrogens (tertiary/aromatic N) is 5. The van der Waals surface area contributed by atoms with Crippen LogP contribution in [0.5, 0.6) is 0 Å². The van der Waals surface area contributed by atoms with Crippen molar-refractivity contribution in [1.29, 1.82) is 0 Å². The molecule has 2 aromatic heterocycles.